The van der Waals surface area contributed by atoms with Gasteiger partial charge in [-0.3, -0.25) is 4.79 Å². The monoisotopic (exact) mass is 444 g/mol. The van der Waals surface area contributed by atoms with Crippen LogP contribution in [0.2, 0.25) is 5.02 Å². The van der Waals surface area contributed by atoms with Crippen molar-refractivity contribution in [3.05, 3.63) is 68.1 Å². The molecule has 0 atom stereocenters. The summed E-state index contributed by atoms with van der Waals surface area (Å²) < 4.78 is 5.22. The number of hydrogen-bond acceptors (Lipinski definition) is 7. The maximum atomic E-state index is 12.2. The van der Waals surface area contributed by atoms with Crippen LogP contribution >= 0.6 is 34.3 Å². The molecule has 4 aromatic rings. The van der Waals surface area contributed by atoms with Crippen molar-refractivity contribution >= 4 is 45.3 Å². The number of carbonyl (C=O) groups excluding carboxylic acids is 1. The molecule has 0 radical (unpaired) electrons. The van der Waals surface area contributed by atoms with Crippen LogP contribution in [0.3, 0.4) is 0 Å². The van der Waals surface area contributed by atoms with Gasteiger partial charge in [0.1, 0.15) is 0 Å². The summed E-state index contributed by atoms with van der Waals surface area (Å²) in [6, 6.07) is 7.90. The van der Waals surface area contributed by atoms with Crippen molar-refractivity contribution in [2.24, 2.45) is 0 Å². The molecular formula is C20H17ClN4O2S2. The summed E-state index contributed by atoms with van der Waals surface area (Å²) in [5.74, 6) is 0.839. The SMILES string of the molecule is Cc1cccc(Cc2cnc(NC(=O)CCc3nc(-c4ccsc4)no3)s2)c1Cl. The molecule has 3 heterocycles. The number of nitrogens with one attached hydrogen (secondary N) is 1. The van der Waals surface area contributed by atoms with Crippen LogP contribution < -0.4 is 5.32 Å². The maximum Gasteiger partial charge on any atom is 0.227 e. The van der Waals surface area contributed by atoms with E-state index in [0.717, 1.165) is 26.6 Å². The molecule has 148 valence electrons. The number of thiazole rings is 1. The fraction of sp³-hybridized carbons (Fsp3) is 0.200. The van der Waals surface area contributed by atoms with Gasteiger partial charge in [0.15, 0.2) is 5.13 Å². The van der Waals surface area contributed by atoms with Gasteiger partial charge in [0, 0.05) is 46.3 Å². The third-order valence-corrected chi connectivity index (χ3v) is 6.39. The first-order valence-corrected chi connectivity index (χ1v) is 11.1. The van der Waals surface area contributed by atoms with E-state index < -0.39 is 0 Å². The van der Waals surface area contributed by atoms with Crippen molar-refractivity contribution in [3.8, 4) is 11.4 Å². The predicted octanol–water partition coefficient (Wildman–Crippen LogP) is 5.38. The molecule has 9 heteroatoms. The minimum Gasteiger partial charge on any atom is -0.339 e. The fourth-order valence-electron chi connectivity index (χ4n) is 2.75. The zero-order valence-corrected chi connectivity index (χ0v) is 17.9. The van der Waals surface area contributed by atoms with Crippen molar-refractivity contribution in [2.75, 3.05) is 5.32 Å². The Hall–Kier alpha value is -2.55. The van der Waals surface area contributed by atoms with Gasteiger partial charge in [-0.05, 0) is 29.5 Å². The molecule has 1 N–H and O–H groups in total. The molecule has 0 fully saturated rings. The lowest BCUT2D eigenvalue weighted by Gasteiger charge is -2.04. The second-order valence-electron chi connectivity index (χ2n) is 6.43. The van der Waals surface area contributed by atoms with E-state index in [2.05, 4.69) is 20.4 Å². The van der Waals surface area contributed by atoms with E-state index in [1.165, 1.54) is 11.3 Å². The topological polar surface area (TPSA) is 80.9 Å². The van der Waals surface area contributed by atoms with Gasteiger partial charge in [-0.15, -0.1) is 11.3 Å². The first-order chi connectivity index (χ1) is 14.1. The number of hydrogen-bond donors (Lipinski definition) is 1. The van der Waals surface area contributed by atoms with Crippen LogP contribution in [-0.4, -0.2) is 21.0 Å². The number of thiophene rings is 1. The van der Waals surface area contributed by atoms with Crippen LogP contribution in [0.5, 0.6) is 0 Å². The molecular weight excluding hydrogens is 428 g/mol. The number of carbonyl (C=O) groups is 1. The van der Waals surface area contributed by atoms with Crippen LogP contribution in [0, 0.1) is 6.92 Å². The average molecular weight is 445 g/mol. The standard InChI is InChI=1S/C20H17ClN4O2S2/c1-12-3-2-4-13(18(12)21)9-15-10-22-20(29-15)23-16(26)5-6-17-24-19(25-27-17)14-7-8-28-11-14/h2-4,7-8,10-11H,5-6,9H2,1H3,(H,22,23,26). The van der Waals surface area contributed by atoms with Gasteiger partial charge in [0.05, 0.1) is 0 Å². The Morgan fingerprint density at radius 2 is 2.21 bits per heavy atom. The van der Waals surface area contributed by atoms with Crippen LogP contribution in [0.15, 0.2) is 45.7 Å². The Morgan fingerprint density at radius 3 is 3.03 bits per heavy atom. The number of amides is 1. The average Bonchev–Trinajstić information content (AvgIpc) is 3.45. The maximum absolute atomic E-state index is 12.2. The predicted molar refractivity (Wildman–Crippen MR) is 116 cm³/mol. The first-order valence-electron chi connectivity index (χ1n) is 8.92. The van der Waals surface area contributed by atoms with Crippen LogP contribution in [0.1, 0.15) is 28.3 Å². The Bertz CT molecular complexity index is 1120. The van der Waals surface area contributed by atoms with Gasteiger partial charge in [-0.1, -0.05) is 35.0 Å². The minimum atomic E-state index is -0.144. The van der Waals surface area contributed by atoms with Gasteiger partial charge in [-0.25, -0.2) is 4.98 Å². The second kappa shape index (κ2) is 8.86. The fourth-order valence-corrected chi connectivity index (χ4v) is 4.43. The van der Waals surface area contributed by atoms with E-state index in [1.807, 2.05) is 41.9 Å². The van der Waals surface area contributed by atoms with E-state index >= 15 is 0 Å². The number of benzene rings is 1. The summed E-state index contributed by atoms with van der Waals surface area (Å²) in [5, 5.41) is 12.0. The Balaban J connectivity index is 1.31. The van der Waals surface area contributed by atoms with Crippen LogP contribution in [0.4, 0.5) is 5.13 Å². The van der Waals surface area contributed by atoms with Gasteiger partial charge in [-0.2, -0.15) is 16.3 Å². The van der Waals surface area contributed by atoms with Gasteiger partial charge >= 0.3 is 0 Å². The van der Waals surface area contributed by atoms with Crippen molar-refractivity contribution in [2.45, 2.75) is 26.2 Å². The number of aryl methyl sites for hydroxylation is 2. The van der Waals surface area contributed by atoms with Crippen LogP contribution in [0.25, 0.3) is 11.4 Å². The molecule has 0 saturated heterocycles. The van der Waals surface area contributed by atoms with Gasteiger partial charge < -0.3 is 9.84 Å². The molecule has 0 aliphatic heterocycles. The molecule has 6 nitrogen and oxygen atoms in total. The van der Waals surface area contributed by atoms with E-state index in [9.17, 15) is 4.79 Å². The zero-order valence-electron chi connectivity index (χ0n) is 15.5. The molecule has 1 aromatic carbocycles. The minimum absolute atomic E-state index is 0.144. The quantitative estimate of drug-likeness (QED) is 0.414. The Kier molecular flexibility index (Phi) is 6.03. The van der Waals surface area contributed by atoms with Crippen molar-refractivity contribution in [1.82, 2.24) is 15.1 Å². The van der Waals surface area contributed by atoms with Gasteiger partial charge in [0.25, 0.3) is 0 Å². The highest BCUT2D eigenvalue weighted by atomic mass is 35.5. The summed E-state index contributed by atoms with van der Waals surface area (Å²) in [6.45, 7) is 1.98. The summed E-state index contributed by atoms with van der Waals surface area (Å²) in [7, 11) is 0. The lowest BCUT2D eigenvalue weighted by molar-refractivity contribution is -0.116. The molecule has 0 spiro atoms. The lowest BCUT2D eigenvalue weighted by atomic mass is 10.1. The van der Waals surface area contributed by atoms with E-state index in [-0.39, 0.29) is 12.3 Å². The molecule has 0 saturated carbocycles. The van der Waals surface area contributed by atoms with E-state index in [1.54, 1.807) is 17.5 Å². The highest BCUT2D eigenvalue weighted by molar-refractivity contribution is 7.15. The summed E-state index contributed by atoms with van der Waals surface area (Å²) in [5.41, 5.74) is 3.01. The Labute approximate surface area is 180 Å². The number of aromatic nitrogens is 3. The number of rotatable bonds is 7. The summed E-state index contributed by atoms with van der Waals surface area (Å²) in [4.78, 5) is 21.9. The number of nitrogens with zero attached hydrogens (tertiary/aromatic N) is 3. The number of anilines is 1. The Morgan fingerprint density at radius 1 is 1.31 bits per heavy atom. The smallest absolute Gasteiger partial charge is 0.227 e. The van der Waals surface area contributed by atoms with Crippen molar-refractivity contribution in [3.63, 3.8) is 0 Å². The van der Waals surface area contributed by atoms with Crippen molar-refractivity contribution < 1.29 is 9.32 Å². The highest BCUT2D eigenvalue weighted by Crippen LogP contribution is 2.27. The summed E-state index contributed by atoms with van der Waals surface area (Å²) in [6.07, 6.45) is 3.06. The molecule has 3 aromatic heterocycles. The van der Waals surface area contributed by atoms with Crippen LogP contribution in [-0.2, 0) is 17.6 Å². The molecule has 0 unspecified atom stereocenters. The zero-order chi connectivity index (χ0) is 20.2. The molecule has 0 aliphatic carbocycles. The normalized spacial score (nSPS) is 11.0. The van der Waals surface area contributed by atoms with E-state index in [0.29, 0.717) is 29.7 Å². The number of halogens is 1. The third kappa shape index (κ3) is 4.90. The molecule has 0 bridgehead atoms. The second-order valence-corrected chi connectivity index (χ2v) is 8.70. The lowest BCUT2D eigenvalue weighted by Crippen LogP contribution is -2.12. The third-order valence-electron chi connectivity index (χ3n) is 4.25. The van der Waals surface area contributed by atoms with Crippen molar-refractivity contribution in [1.29, 1.82) is 0 Å². The molecule has 29 heavy (non-hydrogen) atoms. The largest absolute Gasteiger partial charge is 0.339 e. The molecule has 4 rings (SSSR count). The first kappa shape index (κ1) is 19.8. The van der Waals surface area contributed by atoms with E-state index in [4.69, 9.17) is 16.1 Å². The van der Waals surface area contributed by atoms with Gasteiger partial charge in [0.2, 0.25) is 17.6 Å². The highest BCUT2D eigenvalue weighted by Gasteiger charge is 2.13. The molecule has 0 aliphatic rings. The molecule has 1 amide bonds. The summed E-state index contributed by atoms with van der Waals surface area (Å²) >= 11 is 9.37.